The smallest absolute Gasteiger partial charge is 0.543 e. The number of thioether (sulfide) groups is 1. The molecule has 0 aromatic carbocycles. The fourth-order valence-corrected chi connectivity index (χ4v) is 3.42. The summed E-state index contributed by atoms with van der Waals surface area (Å²) in [5.41, 5.74) is 0.00708. The van der Waals surface area contributed by atoms with Gasteiger partial charge in [-0.15, -0.1) is 11.8 Å². The average molecular weight is 273 g/mol. The Morgan fingerprint density at radius 1 is 1.61 bits per heavy atom. The van der Waals surface area contributed by atoms with Gasteiger partial charge < -0.3 is 14.3 Å². The van der Waals surface area contributed by atoms with Gasteiger partial charge in [-0.2, -0.15) is 0 Å². The van der Waals surface area contributed by atoms with Gasteiger partial charge in [-0.1, -0.05) is 0 Å². The summed E-state index contributed by atoms with van der Waals surface area (Å²) in [6, 6.07) is 3.52. The van der Waals surface area contributed by atoms with Crippen molar-refractivity contribution in [3.05, 3.63) is 34.8 Å². The van der Waals surface area contributed by atoms with Gasteiger partial charge >= 0.3 is 29.6 Å². The molecule has 1 aromatic heterocycles. The second-order valence-corrected chi connectivity index (χ2v) is 5.13. The second kappa shape index (κ2) is 5.13. The maximum atomic E-state index is 11.3. The fraction of sp³-hybridized carbons (Fsp3) is 0.273. The molecule has 2 aliphatic rings. The quantitative estimate of drug-likeness (QED) is 0.436. The number of furan rings is 1. The van der Waals surface area contributed by atoms with Crippen molar-refractivity contribution in [1.82, 2.24) is 4.90 Å². The third-order valence-corrected chi connectivity index (χ3v) is 4.07. The topological polar surface area (TPSA) is 73.6 Å². The number of carboxylic acid groups (broad SMARTS) is 1. The number of hydrogen-bond acceptors (Lipinski definition) is 5. The first-order chi connectivity index (χ1) is 8.16. The molecule has 0 bridgehead atoms. The molecule has 1 amide bonds. The van der Waals surface area contributed by atoms with Crippen molar-refractivity contribution in [1.29, 1.82) is 0 Å². The maximum Gasteiger partial charge on any atom is 1.00 e. The summed E-state index contributed by atoms with van der Waals surface area (Å²) in [7, 11) is 0. The Morgan fingerprint density at radius 3 is 2.94 bits per heavy atom. The first-order valence-electron chi connectivity index (χ1n) is 5.12. The Morgan fingerprint density at radius 2 is 2.39 bits per heavy atom. The number of carboxylic acids is 1. The molecule has 0 spiro atoms. The zero-order valence-electron chi connectivity index (χ0n) is 9.71. The molecule has 5 nitrogen and oxygen atoms in total. The summed E-state index contributed by atoms with van der Waals surface area (Å²) in [5, 5.41) is 11.0. The number of aliphatic carboxylic acids is 1. The summed E-state index contributed by atoms with van der Waals surface area (Å²) >= 11 is 1.40. The molecule has 2 aliphatic heterocycles. The van der Waals surface area contributed by atoms with Crippen molar-refractivity contribution >= 4 is 23.6 Å². The molecule has 1 saturated heterocycles. The van der Waals surface area contributed by atoms with Gasteiger partial charge in [0.1, 0.15) is 5.76 Å². The Bertz CT molecular complexity index is 525. The number of nitrogens with zero attached hydrogens (tertiary/aromatic N) is 1. The minimum absolute atomic E-state index is 0. The van der Waals surface area contributed by atoms with Gasteiger partial charge in [-0.25, -0.2) is 0 Å². The molecule has 3 rings (SSSR count). The van der Waals surface area contributed by atoms with E-state index in [9.17, 15) is 14.7 Å². The largest absolute Gasteiger partial charge is 1.00 e. The summed E-state index contributed by atoms with van der Waals surface area (Å²) in [4.78, 5) is 24.3. The summed E-state index contributed by atoms with van der Waals surface area (Å²) < 4.78 is 5.18. The average Bonchev–Trinajstić information content (AvgIpc) is 2.84. The van der Waals surface area contributed by atoms with E-state index in [1.165, 1.54) is 22.9 Å². The summed E-state index contributed by atoms with van der Waals surface area (Å²) in [5.74, 6) is -0.771. The van der Waals surface area contributed by atoms with Gasteiger partial charge in [0.25, 0.3) is 0 Å². The number of carbonyl (C=O) groups is 2. The minimum Gasteiger partial charge on any atom is -0.543 e. The van der Waals surface area contributed by atoms with Gasteiger partial charge in [0.15, 0.2) is 0 Å². The van der Waals surface area contributed by atoms with Crippen LogP contribution in [0.5, 0.6) is 0 Å². The summed E-state index contributed by atoms with van der Waals surface area (Å²) in [6.07, 6.45) is 2.32. The predicted molar refractivity (Wildman–Crippen MR) is 57.3 cm³/mol. The number of rotatable bonds is 3. The SMILES string of the molecule is O=C([O-])C1=C(Cc2ccco2)S[C@@H]2CC(=O)N12.[Na+]. The van der Waals surface area contributed by atoms with Crippen molar-refractivity contribution in [3.63, 3.8) is 0 Å². The third kappa shape index (κ3) is 2.14. The van der Waals surface area contributed by atoms with Gasteiger partial charge in [0.05, 0.1) is 29.7 Å². The molecule has 0 radical (unpaired) electrons. The first kappa shape index (κ1) is 13.7. The number of allylic oxidation sites excluding steroid dienone is 1. The van der Waals surface area contributed by atoms with Crippen LogP contribution in [-0.2, 0) is 16.0 Å². The molecule has 1 fully saturated rings. The van der Waals surface area contributed by atoms with Gasteiger partial charge in [-0.3, -0.25) is 9.69 Å². The Balaban J connectivity index is 0.00000120. The molecule has 1 atom stereocenters. The van der Waals surface area contributed by atoms with Crippen LogP contribution in [0.2, 0.25) is 0 Å². The van der Waals surface area contributed by atoms with Crippen LogP contribution in [0.3, 0.4) is 0 Å². The third-order valence-electron chi connectivity index (χ3n) is 2.80. The van der Waals surface area contributed by atoms with Crippen LogP contribution >= 0.6 is 11.8 Å². The van der Waals surface area contributed by atoms with Crippen LogP contribution in [0.15, 0.2) is 33.4 Å². The Kier molecular flexibility index (Phi) is 3.91. The van der Waals surface area contributed by atoms with E-state index < -0.39 is 5.97 Å². The zero-order chi connectivity index (χ0) is 12.0. The second-order valence-electron chi connectivity index (χ2n) is 3.86. The normalized spacial score (nSPS) is 21.4. The van der Waals surface area contributed by atoms with Gasteiger partial charge in [0.2, 0.25) is 5.91 Å². The molecule has 3 heterocycles. The van der Waals surface area contributed by atoms with Crippen LogP contribution in [-0.4, -0.2) is 22.2 Å². The number of fused-ring (bicyclic) bond motifs is 1. The Hall–Kier alpha value is -0.690. The maximum absolute atomic E-state index is 11.3. The molecule has 1 aromatic rings. The van der Waals surface area contributed by atoms with E-state index in [0.29, 0.717) is 23.5 Å². The molecule has 0 saturated carbocycles. The Labute approximate surface area is 129 Å². The van der Waals surface area contributed by atoms with Crippen molar-refractivity contribution in [2.24, 2.45) is 0 Å². The van der Waals surface area contributed by atoms with Crippen LogP contribution in [0, 0.1) is 0 Å². The minimum atomic E-state index is -1.30. The standard InChI is InChI=1S/C11H9NO4S.Na/c13-8-5-9-12(8)10(11(14)15)7(17-9)4-6-2-1-3-16-6;/h1-3,9H,4-5H2,(H,14,15);/q;+1/p-1/t9-;/m1./s1. The fourth-order valence-electron chi connectivity index (χ4n) is 2.01. The van der Waals surface area contributed by atoms with Crippen LogP contribution in [0.1, 0.15) is 12.2 Å². The van der Waals surface area contributed by atoms with Crippen molar-refractivity contribution in [2.45, 2.75) is 18.2 Å². The van der Waals surface area contributed by atoms with Crippen LogP contribution < -0.4 is 34.7 Å². The van der Waals surface area contributed by atoms with E-state index in [4.69, 9.17) is 4.42 Å². The molecule has 0 aliphatic carbocycles. The molecular formula is C11H8NNaO4S. The van der Waals surface area contributed by atoms with E-state index >= 15 is 0 Å². The number of amides is 1. The van der Waals surface area contributed by atoms with E-state index in [1.807, 2.05) is 0 Å². The molecular weight excluding hydrogens is 265 g/mol. The van der Waals surface area contributed by atoms with Crippen molar-refractivity contribution in [2.75, 3.05) is 0 Å². The van der Waals surface area contributed by atoms with Crippen molar-refractivity contribution < 1.29 is 48.7 Å². The van der Waals surface area contributed by atoms with Crippen LogP contribution in [0.4, 0.5) is 0 Å². The van der Waals surface area contributed by atoms with E-state index in [-0.39, 0.29) is 46.5 Å². The first-order valence-corrected chi connectivity index (χ1v) is 6.00. The van der Waals surface area contributed by atoms with E-state index in [1.54, 1.807) is 12.1 Å². The number of carbonyl (C=O) groups excluding carboxylic acids is 2. The van der Waals surface area contributed by atoms with Gasteiger partial charge in [0, 0.05) is 11.3 Å². The molecule has 0 unspecified atom stereocenters. The monoisotopic (exact) mass is 273 g/mol. The molecule has 0 N–H and O–H groups in total. The molecule has 18 heavy (non-hydrogen) atoms. The number of β-lactam (4-membered cyclic amide) rings is 1. The number of hydrogen-bond donors (Lipinski definition) is 0. The van der Waals surface area contributed by atoms with E-state index in [2.05, 4.69) is 0 Å². The molecule has 7 heteroatoms. The predicted octanol–water partition coefficient (Wildman–Crippen LogP) is -2.91. The van der Waals surface area contributed by atoms with E-state index in [0.717, 1.165) is 0 Å². The van der Waals surface area contributed by atoms with Crippen LogP contribution in [0.25, 0.3) is 0 Å². The summed E-state index contributed by atoms with van der Waals surface area (Å²) in [6.45, 7) is 0. The van der Waals surface area contributed by atoms with Gasteiger partial charge in [-0.05, 0) is 12.1 Å². The zero-order valence-corrected chi connectivity index (χ0v) is 12.5. The van der Waals surface area contributed by atoms with Crippen molar-refractivity contribution in [3.8, 4) is 0 Å². The molecule has 88 valence electrons.